The molecule has 1 aliphatic rings. The molecule has 1 aliphatic heterocycles. The van der Waals surface area contributed by atoms with Gasteiger partial charge >= 0.3 is 7.60 Å². The molecule has 0 aromatic carbocycles. The lowest BCUT2D eigenvalue weighted by atomic mass is 10.1. The number of hydrogen-bond donors (Lipinski definition) is 3. The van der Waals surface area contributed by atoms with E-state index in [4.69, 9.17) is 0 Å². The summed E-state index contributed by atoms with van der Waals surface area (Å²) >= 11 is 0. The van der Waals surface area contributed by atoms with E-state index in [1.54, 1.807) is 18.7 Å². The molecular weight excluding hydrogens is 269 g/mol. The second-order valence-corrected chi connectivity index (χ2v) is 6.69. The van der Waals surface area contributed by atoms with Gasteiger partial charge in [-0.2, -0.15) is 0 Å². The van der Waals surface area contributed by atoms with E-state index < -0.39 is 18.8 Å². The molecule has 1 rings (SSSR count). The highest BCUT2D eigenvalue weighted by Crippen LogP contribution is 2.54. The van der Waals surface area contributed by atoms with Crippen LogP contribution in [0.15, 0.2) is 0 Å². The summed E-state index contributed by atoms with van der Waals surface area (Å²) in [6.45, 7) is 6.09. The van der Waals surface area contributed by atoms with Gasteiger partial charge in [0, 0.05) is 32.7 Å². The zero-order valence-corrected chi connectivity index (χ0v) is 12.7. The largest absolute Gasteiger partial charge is 0.355 e. The van der Waals surface area contributed by atoms with Gasteiger partial charge in [-0.15, -0.1) is 0 Å². The molecule has 1 unspecified atom stereocenters. The van der Waals surface area contributed by atoms with Crippen LogP contribution in [0.5, 0.6) is 0 Å². The first kappa shape index (κ1) is 16.6. The number of piperazine rings is 1. The average Bonchev–Trinajstić information content (AvgIpc) is 2.31. The number of carbonyl (C=O) groups excluding carboxylic acids is 1. The van der Waals surface area contributed by atoms with Crippen molar-refractivity contribution in [3.8, 4) is 0 Å². The molecule has 112 valence electrons. The molecule has 8 heteroatoms. The van der Waals surface area contributed by atoms with E-state index in [0.29, 0.717) is 32.7 Å². The second-order valence-electron chi connectivity index (χ2n) is 4.86. The van der Waals surface area contributed by atoms with E-state index in [1.165, 1.54) is 0 Å². The molecular formula is C11H24N3O4P. The predicted molar refractivity (Wildman–Crippen MR) is 72.8 cm³/mol. The van der Waals surface area contributed by atoms with Crippen molar-refractivity contribution < 1.29 is 19.1 Å². The molecule has 3 N–H and O–H groups in total. The number of rotatable bonds is 5. The molecule has 1 heterocycles. The molecule has 1 saturated heterocycles. The first-order valence-corrected chi connectivity index (χ1v) is 8.18. The molecule has 0 radical (unpaired) electrons. The molecule has 0 saturated carbocycles. The predicted octanol–water partition coefficient (Wildman–Crippen LogP) is -0.346. The minimum Gasteiger partial charge on any atom is -0.354 e. The van der Waals surface area contributed by atoms with Crippen LogP contribution in [0.4, 0.5) is 0 Å². The fourth-order valence-corrected chi connectivity index (χ4v) is 3.85. The molecule has 0 aromatic heterocycles. The number of nitrogens with one attached hydrogen (secondary N) is 1. The number of carbonyl (C=O) groups is 1. The lowest BCUT2D eigenvalue weighted by Crippen LogP contribution is -2.62. The molecule has 0 aliphatic carbocycles. The van der Waals surface area contributed by atoms with Crippen molar-refractivity contribution in [2.45, 2.75) is 25.5 Å². The number of amides is 1. The van der Waals surface area contributed by atoms with Gasteiger partial charge in [-0.1, -0.05) is 6.92 Å². The Morgan fingerprint density at radius 3 is 2.16 bits per heavy atom. The number of hydrogen-bond acceptors (Lipinski definition) is 4. The maximum atomic E-state index is 12.3. The molecule has 0 bridgehead atoms. The van der Waals surface area contributed by atoms with E-state index in [0.717, 1.165) is 0 Å². The van der Waals surface area contributed by atoms with E-state index in [2.05, 4.69) is 10.2 Å². The van der Waals surface area contributed by atoms with Crippen molar-refractivity contribution in [3.05, 3.63) is 0 Å². The smallest absolute Gasteiger partial charge is 0.354 e. The Kier molecular flexibility index (Phi) is 5.53. The van der Waals surface area contributed by atoms with Gasteiger partial charge in [-0.3, -0.25) is 14.3 Å². The van der Waals surface area contributed by atoms with Crippen molar-refractivity contribution in [2.24, 2.45) is 0 Å². The zero-order chi connectivity index (χ0) is 14.7. The minimum absolute atomic E-state index is 0.0901. The van der Waals surface area contributed by atoms with E-state index in [-0.39, 0.29) is 6.42 Å². The maximum absolute atomic E-state index is 12.3. The Balaban J connectivity index is 3.10. The second kappa shape index (κ2) is 6.33. The summed E-state index contributed by atoms with van der Waals surface area (Å²) in [5.41, 5.74) is 0. The molecule has 19 heavy (non-hydrogen) atoms. The standard InChI is InChI=1S/C11H24N3O4P/c1-4-11(19(16,17)18,10(15)12-5-2)14-8-6-13(3)7-9-14/h4-9H2,1-3H3,(H,12,15)(H2,16,17,18). The highest BCUT2D eigenvalue weighted by Gasteiger charge is 2.56. The Hall–Kier alpha value is -0.460. The summed E-state index contributed by atoms with van der Waals surface area (Å²) in [4.78, 5) is 35.5. The fraction of sp³-hybridized carbons (Fsp3) is 0.909. The number of likely N-dealkylation sites (N-methyl/N-ethyl adjacent to an activating group) is 2. The van der Waals surface area contributed by atoms with Crippen LogP contribution in [-0.2, 0) is 9.36 Å². The van der Waals surface area contributed by atoms with Crippen LogP contribution in [0, 0.1) is 0 Å². The van der Waals surface area contributed by atoms with E-state index in [9.17, 15) is 19.1 Å². The summed E-state index contributed by atoms with van der Waals surface area (Å²) in [6.07, 6.45) is 0.0901. The van der Waals surface area contributed by atoms with Gasteiger partial charge in [0.05, 0.1) is 0 Å². The fourth-order valence-electron chi connectivity index (χ4n) is 2.53. The van der Waals surface area contributed by atoms with E-state index in [1.807, 2.05) is 7.05 Å². The van der Waals surface area contributed by atoms with Gasteiger partial charge in [0.1, 0.15) is 0 Å². The van der Waals surface area contributed by atoms with Crippen LogP contribution in [0.3, 0.4) is 0 Å². The van der Waals surface area contributed by atoms with Crippen LogP contribution < -0.4 is 5.32 Å². The quantitative estimate of drug-likeness (QED) is 0.600. The average molecular weight is 293 g/mol. The van der Waals surface area contributed by atoms with Gasteiger partial charge in [-0.05, 0) is 20.4 Å². The topological polar surface area (TPSA) is 93.1 Å². The minimum atomic E-state index is -4.59. The van der Waals surface area contributed by atoms with Crippen molar-refractivity contribution in [1.29, 1.82) is 0 Å². The summed E-state index contributed by atoms with van der Waals surface area (Å²) in [5.74, 6) is -0.574. The molecule has 0 aromatic rings. The van der Waals surface area contributed by atoms with Crippen molar-refractivity contribution in [2.75, 3.05) is 39.8 Å². The Morgan fingerprint density at radius 1 is 1.26 bits per heavy atom. The Morgan fingerprint density at radius 2 is 1.79 bits per heavy atom. The van der Waals surface area contributed by atoms with Crippen LogP contribution >= 0.6 is 7.60 Å². The zero-order valence-electron chi connectivity index (χ0n) is 11.8. The van der Waals surface area contributed by atoms with Crippen molar-refractivity contribution >= 4 is 13.5 Å². The third-order valence-electron chi connectivity index (χ3n) is 3.70. The molecule has 7 nitrogen and oxygen atoms in total. The Labute approximate surface area is 114 Å². The summed E-state index contributed by atoms with van der Waals surface area (Å²) in [6, 6.07) is 0. The number of nitrogens with zero attached hydrogens (tertiary/aromatic N) is 2. The van der Waals surface area contributed by atoms with E-state index >= 15 is 0 Å². The molecule has 1 atom stereocenters. The van der Waals surface area contributed by atoms with Crippen molar-refractivity contribution in [3.63, 3.8) is 0 Å². The third-order valence-corrected chi connectivity index (χ3v) is 5.47. The summed E-state index contributed by atoms with van der Waals surface area (Å²) < 4.78 is 12.0. The maximum Gasteiger partial charge on any atom is 0.355 e. The monoisotopic (exact) mass is 293 g/mol. The molecule has 0 spiro atoms. The lowest BCUT2D eigenvalue weighted by molar-refractivity contribution is -0.130. The first-order chi connectivity index (χ1) is 8.79. The van der Waals surface area contributed by atoms with Crippen molar-refractivity contribution in [1.82, 2.24) is 15.1 Å². The lowest BCUT2D eigenvalue weighted by Gasteiger charge is -2.45. The van der Waals surface area contributed by atoms with Crippen LogP contribution in [0.25, 0.3) is 0 Å². The van der Waals surface area contributed by atoms with Crippen LogP contribution in [0.2, 0.25) is 0 Å². The third kappa shape index (κ3) is 3.17. The van der Waals surface area contributed by atoms with Gasteiger partial charge in [-0.25, -0.2) is 0 Å². The molecule has 1 amide bonds. The molecule has 1 fully saturated rings. The van der Waals surface area contributed by atoms with Gasteiger partial charge in [0.15, 0.2) is 0 Å². The summed E-state index contributed by atoms with van der Waals surface area (Å²) in [7, 11) is -2.63. The normalized spacial score (nSPS) is 21.9. The highest BCUT2D eigenvalue weighted by molar-refractivity contribution is 7.54. The van der Waals surface area contributed by atoms with Crippen LogP contribution in [-0.4, -0.2) is 70.5 Å². The summed E-state index contributed by atoms with van der Waals surface area (Å²) in [5, 5.41) is 0.834. The Bertz CT molecular complexity index is 365. The van der Waals surface area contributed by atoms with Gasteiger partial charge < -0.3 is 20.0 Å². The highest BCUT2D eigenvalue weighted by atomic mass is 31.2. The van der Waals surface area contributed by atoms with Crippen LogP contribution in [0.1, 0.15) is 20.3 Å². The van der Waals surface area contributed by atoms with Gasteiger partial charge in [0.2, 0.25) is 5.28 Å². The SMILES string of the molecule is CCNC(=O)C(CC)(N1CCN(C)CC1)P(=O)(O)O. The first-order valence-electron chi connectivity index (χ1n) is 6.57. The van der Waals surface area contributed by atoms with Gasteiger partial charge in [0.25, 0.3) is 5.91 Å².